The normalized spacial score (nSPS) is 10.7. The zero-order chi connectivity index (χ0) is 10.7. The van der Waals surface area contributed by atoms with Crippen LogP contribution in [-0.2, 0) is 6.54 Å². The highest BCUT2D eigenvalue weighted by molar-refractivity contribution is 6.29. The minimum atomic E-state index is -2.66. The molecule has 0 saturated heterocycles. The Hall–Kier alpha value is -0.940. The summed E-state index contributed by atoms with van der Waals surface area (Å²) in [6.45, 7) is 0.00343. The zero-order valence-electron chi connectivity index (χ0n) is 7.43. The molecule has 0 aromatic carbocycles. The third-order valence-electron chi connectivity index (χ3n) is 1.67. The first-order valence-corrected chi connectivity index (χ1v) is 4.19. The Morgan fingerprint density at radius 2 is 2.29 bits per heavy atom. The number of nitrogens with zero attached hydrogens (tertiary/aromatic N) is 1. The van der Waals surface area contributed by atoms with Gasteiger partial charge in [-0.15, -0.1) is 0 Å². The number of alkyl halides is 2. The highest BCUT2D eigenvalue weighted by atomic mass is 35.5. The summed E-state index contributed by atoms with van der Waals surface area (Å²) >= 11 is 5.55. The highest BCUT2D eigenvalue weighted by Crippen LogP contribution is 2.32. The van der Waals surface area contributed by atoms with Crippen molar-refractivity contribution in [1.82, 2.24) is 4.98 Å². The Bertz CT molecular complexity index is 333. The van der Waals surface area contributed by atoms with Gasteiger partial charge in [-0.05, 0) is 6.07 Å². The molecule has 0 aliphatic carbocycles. The summed E-state index contributed by atoms with van der Waals surface area (Å²) in [5, 5.41) is -0.0125. The van der Waals surface area contributed by atoms with Gasteiger partial charge in [0.15, 0.2) is 5.75 Å². The summed E-state index contributed by atoms with van der Waals surface area (Å²) in [6, 6.07) is 1.07. The summed E-state index contributed by atoms with van der Waals surface area (Å²) in [5.41, 5.74) is 5.27. The minimum absolute atomic E-state index is 0.00343. The highest BCUT2D eigenvalue weighted by Gasteiger charge is 2.18. The Kier molecular flexibility index (Phi) is 3.60. The summed E-state index contributed by atoms with van der Waals surface area (Å²) in [6.07, 6.45) is -2.66. The second-order valence-corrected chi connectivity index (χ2v) is 2.91. The molecule has 0 saturated carbocycles. The predicted octanol–water partition coefficient (Wildman–Crippen LogP) is 2.14. The number of ether oxygens (including phenoxy) is 1. The van der Waals surface area contributed by atoms with Crippen molar-refractivity contribution in [3.8, 4) is 5.75 Å². The number of methoxy groups -OCH3 is 1. The standard InChI is InChI=1S/C8H9ClF2N2O/c1-14-7-4(8(10)11)2-6(9)13-5(7)3-12/h2,8H,3,12H2,1H3. The van der Waals surface area contributed by atoms with Crippen molar-refractivity contribution in [2.75, 3.05) is 7.11 Å². The molecule has 3 nitrogen and oxygen atoms in total. The predicted molar refractivity (Wildman–Crippen MR) is 48.6 cm³/mol. The van der Waals surface area contributed by atoms with Gasteiger partial charge in [-0.3, -0.25) is 0 Å². The molecule has 0 radical (unpaired) electrons. The van der Waals surface area contributed by atoms with Gasteiger partial charge in [0.25, 0.3) is 6.43 Å². The van der Waals surface area contributed by atoms with Gasteiger partial charge in [0.2, 0.25) is 0 Å². The van der Waals surface area contributed by atoms with E-state index in [1.807, 2.05) is 0 Å². The van der Waals surface area contributed by atoms with Gasteiger partial charge in [0, 0.05) is 6.54 Å². The zero-order valence-corrected chi connectivity index (χ0v) is 8.18. The van der Waals surface area contributed by atoms with Crippen molar-refractivity contribution in [2.45, 2.75) is 13.0 Å². The lowest BCUT2D eigenvalue weighted by Crippen LogP contribution is -2.06. The van der Waals surface area contributed by atoms with E-state index in [0.29, 0.717) is 0 Å². The van der Waals surface area contributed by atoms with E-state index >= 15 is 0 Å². The van der Waals surface area contributed by atoms with Crippen molar-refractivity contribution in [3.63, 3.8) is 0 Å². The van der Waals surface area contributed by atoms with Gasteiger partial charge in [0.05, 0.1) is 18.4 Å². The van der Waals surface area contributed by atoms with Gasteiger partial charge in [-0.2, -0.15) is 0 Å². The molecule has 1 aromatic heterocycles. The second kappa shape index (κ2) is 4.52. The Morgan fingerprint density at radius 3 is 2.71 bits per heavy atom. The van der Waals surface area contributed by atoms with Crippen LogP contribution < -0.4 is 10.5 Å². The summed E-state index contributed by atoms with van der Waals surface area (Å²) < 4.78 is 29.8. The molecule has 0 amide bonds. The first kappa shape index (κ1) is 11.1. The molecule has 0 aliphatic heterocycles. The lowest BCUT2D eigenvalue weighted by molar-refractivity contribution is 0.146. The van der Waals surface area contributed by atoms with E-state index in [2.05, 4.69) is 4.98 Å². The van der Waals surface area contributed by atoms with Crippen molar-refractivity contribution in [1.29, 1.82) is 0 Å². The molecular weight excluding hydrogens is 214 g/mol. The molecule has 78 valence electrons. The molecule has 1 aromatic rings. The molecule has 0 aliphatic rings. The third kappa shape index (κ3) is 2.10. The smallest absolute Gasteiger partial charge is 0.267 e. The number of nitrogens with two attached hydrogens (primary N) is 1. The molecule has 0 spiro atoms. The monoisotopic (exact) mass is 222 g/mol. The molecule has 2 N–H and O–H groups in total. The average Bonchev–Trinajstić information content (AvgIpc) is 2.16. The number of hydrogen-bond donors (Lipinski definition) is 1. The number of hydrogen-bond acceptors (Lipinski definition) is 3. The van der Waals surface area contributed by atoms with Crippen LogP contribution in [0.4, 0.5) is 8.78 Å². The topological polar surface area (TPSA) is 48.1 Å². The number of rotatable bonds is 3. The Morgan fingerprint density at radius 1 is 1.64 bits per heavy atom. The maximum atomic E-state index is 12.5. The second-order valence-electron chi connectivity index (χ2n) is 2.52. The first-order valence-electron chi connectivity index (χ1n) is 3.81. The molecule has 0 fully saturated rings. The van der Waals surface area contributed by atoms with Gasteiger partial charge >= 0.3 is 0 Å². The summed E-state index contributed by atoms with van der Waals surface area (Å²) in [4.78, 5) is 3.79. The van der Waals surface area contributed by atoms with Crippen LogP contribution in [0.15, 0.2) is 6.07 Å². The lowest BCUT2D eigenvalue weighted by atomic mass is 10.2. The van der Waals surface area contributed by atoms with E-state index in [0.717, 1.165) is 6.07 Å². The van der Waals surface area contributed by atoms with E-state index in [-0.39, 0.29) is 28.7 Å². The largest absolute Gasteiger partial charge is 0.494 e. The maximum Gasteiger partial charge on any atom is 0.267 e. The SMILES string of the molecule is COc1c(C(F)F)cc(Cl)nc1CN. The lowest BCUT2D eigenvalue weighted by Gasteiger charge is -2.11. The van der Waals surface area contributed by atoms with Gasteiger partial charge in [-0.1, -0.05) is 11.6 Å². The van der Waals surface area contributed by atoms with Crippen molar-refractivity contribution < 1.29 is 13.5 Å². The molecular formula is C8H9ClF2N2O. The van der Waals surface area contributed by atoms with E-state index in [9.17, 15) is 8.78 Å². The Labute approximate surface area is 84.8 Å². The van der Waals surface area contributed by atoms with Gasteiger partial charge in [-0.25, -0.2) is 13.8 Å². The molecule has 14 heavy (non-hydrogen) atoms. The fourth-order valence-electron chi connectivity index (χ4n) is 1.11. The molecule has 0 unspecified atom stereocenters. The fraction of sp³-hybridized carbons (Fsp3) is 0.375. The van der Waals surface area contributed by atoms with Crippen LogP contribution in [0.1, 0.15) is 17.7 Å². The van der Waals surface area contributed by atoms with Crippen LogP contribution in [-0.4, -0.2) is 12.1 Å². The maximum absolute atomic E-state index is 12.5. The van der Waals surface area contributed by atoms with E-state index in [1.165, 1.54) is 7.11 Å². The van der Waals surface area contributed by atoms with Crippen LogP contribution in [0, 0.1) is 0 Å². The minimum Gasteiger partial charge on any atom is -0.494 e. The molecule has 6 heteroatoms. The van der Waals surface area contributed by atoms with E-state index in [4.69, 9.17) is 22.1 Å². The van der Waals surface area contributed by atoms with Crippen LogP contribution >= 0.6 is 11.6 Å². The quantitative estimate of drug-likeness (QED) is 0.798. The average molecular weight is 223 g/mol. The van der Waals surface area contributed by atoms with Crippen molar-refractivity contribution in [3.05, 3.63) is 22.5 Å². The summed E-state index contributed by atoms with van der Waals surface area (Å²) in [5.74, 6) is 0.00639. The van der Waals surface area contributed by atoms with Crippen LogP contribution in [0.5, 0.6) is 5.75 Å². The van der Waals surface area contributed by atoms with Gasteiger partial charge < -0.3 is 10.5 Å². The van der Waals surface area contributed by atoms with Gasteiger partial charge in [0.1, 0.15) is 5.15 Å². The Balaban J connectivity index is 3.31. The third-order valence-corrected chi connectivity index (χ3v) is 1.87. The number of pyridine rings is 1. The number of aromatic nitrogens is 1. The van der Waals surface area contributed by atoms with Crippen molar-refractivity contribution >= 4 is 11.6 Å². The number of halogens is 3. The van der Waals surface area contributed by atoms with Crippen LogP contribution in [0.2, 0.25) is 5.15 Å². The van der Waals surface area contributed by atoms with E-state index in [1.54, 1.807) is 0 Å². The molecule has 1 rings (SSSR count). The van der Waals surface area contributed by atoms with E-state index < -0.39 is 6.43 Å². The summed E-state index contributed by atoms with van der Waals surface area (Å²) in [7, 11) is 1.29. The van der Waals surface area contributed by atoms with Crippen LogP contribution in [0.3, 0.4) is 0 Å². The van der Waals surface area contributed by atoms with Crippen molar-refractivity contribution in [2.24, 2.45) is 5.73 Å². The van der Waals surface area contributed by atoms with Crippen LogP contribution in [0.25, 0.3) is 0 Å². The fourth-order valence-corrected chi connectivity index (χ4v) is 1.33. The first-order chi connectivity index (χ1) is 6.60. The molecule has 0 atom stereocenters. The molecule has 0 bridgehead atoms. The molecule has 1 heterocycles.